The van der Waals surface area contributed by atoms with Gasteiger partial charge in [-0.1, -0.05) is 48.5 Å². The number of benzene rings is 2. The molecule has 1 amide bonds. The minimum atomic E-state index is 0.0110. The van der Waals surface area contributed by atoms with Crippen molar-refractivity contribution < 1.29 is 4.79 Å². The summed E-state index contributed by atoms with van der Waals surface area (Å²) in [6, 6.07) is 21.2. The fourth-order valence-corrected chi connectivity index (χ4v) is 4.21. The van der Waals surface area contributed by atoms with Gasteiger partial charge in [0.2, 0.25) is 0 Å². The summed E-state index contributed by atoms with van der Waals surface area (Å²) in [6.07, 6.45) is 4.32. The van der Waals surface area contributed by atoms with Gasteiger partial charge < -0.3 is 10.6 Å². The second kappa shape index (κ2) is 8.44. The third-order valence-electron chi connectivity index (χ3n) is 6.06. The molecule has 30 heavy (non-hydrogen) atoms. The standard InChI is InChI=1S/C25H28N4O/c30-25(27-19-10-11-19)22-16-24(28-23-9-5-4-8-21(22)23)26-20-12-14-29(15-13-20)17-18-6-2-1-3-7-18/h1-9,16,19-20H,10-15,17H2,(H,26,28)(H,27,30). The summed E-state index contributed by atoms with van der Waals surface area (Å²) in [4.78, 5) is 20.1. The summed E-state index contributed by atoms with van der Waals surface area (Å²) in [5, 5.41) is 7.64. The average molecular weight is 401 g/mol. The first-order valence-electron chi connectivity index (χ1n) is 11.0. The topological polar surface area (TPSA) is 57.3 Å². The van der Waals surface area contributed by atoms with Crippen LogP contribution in [0.4, 0.5) is 5.82 Å². The van der Waals surface area contributed by atoms with E-state index in [0.29, 0.717) is 12.1 Å². The largest absolute Gasteiger partial charge is 0.367 e. The molecule has 2 heterocycles. The number of amides is 1. The van der Waals surface area contributed by atoms with Crippen LogP contribution in [-0.4, -0.2) is 41.0 Å². The number of anilines is 1. The van der Waals surface area contributed by atoms with Gasteiger partial charge in [-0.2, -0.15) is 0 Å². The van der Waals surface area contributed by atoms with Crippen molar-refractivity contribution in [2.24, 2.45) is 0 Å². The highest BCUT2D eigenvalue weighted by atomic mass is 16.1. The maximum absolute atomic E-state index is 12.8. The van der Waals surface area contributed by atoms with E-state index in [0.717, 1.165) is 67.6 Å². The van der Waals surface area contributed by atoms with Crippen molar-refractivity contribution in [1.29, 1.82) is 0 Å². The number of para-hydroxylation sites is 1. The molecule has 5 nitrogen and oxygen atoms in total. The zero-order valence-corrected chi connectivity index (χ0v) is 17.2. The number of rotatable bonds is 6. The molecule has 2 aliphatic rings. The van der Waals surface area contributed by atoms with Crippen LogP contribution in [0.1, 0.15) is 41.6 Å². The summed E-state index contributed by atoms with van der Waals surface area (Å²) in [5.74, 6) is 0.813. The Kier molecular flexibility index (Phi) is 5.37. The minimum Gasteiger partial charge on any atom is -0.367 e. The molecular weight excluding hydrogens is 372 g/mol. The van der Waals surface area contributed by atoms with Crippen LogP contribution < -0.4 is 10.6 Å². The Labute approximate surface area is 177 Å². The fraction of sp³-hybridized carbons (Fsp3) is 0.360. The van der Waals surface area contributed by atoms with Crippen LogP contribution in [0.5, 0.6) is 0 Å². The zero-order valence-electron chi connectivity index (χ0n) is 17.2. The van der Waals surface area contributed by atoms with E-state index in [2.05, 4.69) is 45.9 Å². The van der Waals surface area contributed by atoms with Crippen molar-refractivity contribution in [1.82, 2.24) is 15.2 Å². The smallest absolute Gasteiger partial charge is 0.252 e. The van der Waals surface area contributed by atoms with Gasteiger partial charge in [-0.3, -0.25) is 9.69 Å². The SMILES string of the molecule is O=C(NC1CC1)c1cc(NC2CCN(Cc3ccccc3)CC2)nc2ccccc12. The van der Waals surface area contributed by atoms with Crippen molar-refractivity contribution >= 4 is 22.6 Å². The van der Waals surface area contributed by atoms with Crippen molar-refractivity contribution in [3.8, 4) is 0 Å². The van der Waals surface area contributed by atoms with Gasteiger partial charge in [-0.15, -0.1) is 0 Å². The number of hydrogen-bond acceptors (Lipinski definition) is 4. The average Bonchev–Trinajstić information content (AvgIpc) is 3.59. The van der Waals surface area contributed by atoms with Gasteiger partial charge >= 0.3 is 0 Å². The van der Waals surface area contributed by atoms with Crippen LogP contribution in [0.25, 0.3) is 10.9 Å². The second-order valence-corrected chi connectivity index (χ2v) is 8.50. The highest BCUT2D eigenvalue weighted by Crippen LogP contribution is 2.25. The molecule has 0 unspecified atom stereocenters. The van der Waals surface area contributed by atoms with Gasteiger partial charge in [-0.25, -0.2) is 4.98 Å². The Morgan fingerprint density at radius 3 is 2.43 bits per heavy atom. The Morgan fingerprint density at radius 2 is 1.67 bits per heavy atom. The van der Waals surface area contributed by atoms with Gasteiger partial charge in [0.05, 0.1) is 11.1 Å². The highest BCUT2D eigenvalue weighted by Gasteiger charge is 2.25. The molecule has 2 N–H and O–H groups in total. The first-order chi connectivity index (χ1) is 14.7. The lowest BCUT2D eigenvalue weighted by Crippen LogP contribution is -2.38. The molecule has 3 aromatic rings. The Bertz CT molecular complexity index is 1020. The fourth-order valence-electron chi connectivity index (χ4n) is 4.21. The molecule has 2 fully saturated rings. The monoisotopic (exact) mass is 400 g/mol. The van der Waals surface area contributed by atoms with Crippen molar-refractivity contribution in [3.63, 3.8) is 0 Å². The quantitative estimate of drug-likeness (QED) is 0.651. The van der Waals surface area contributed by atoms with Crippen LogP contribution in [0.15, 0.2) is 60.7 Å². The molecule has 154 valence electrons. The molecule has 1 saturated carbocycles. The van der Waals surface area contributed by atoms with E-state index in [4.69, 9.17) is 4.98 Å². The third-order valence-corrected chi connectivity index (χ3v) is 6.06. The number of fused-ring (bicyclic) bond motifs is 1. The summed E-state index contributed by atoms with van der Waals surface area (Å²) < 4.78 is 0. The van der Waals surface area contributed by atoms with Crippen molar-refractivity contribution in [2.45, 2.75) is 44.3 Å². The van der Waals surface area contributed by atoms with Gasteiger partial charge in [0.1, 0.15) is 5.82 Å². The number of nitrogens with zero attached hydrogens (tertiary/aromatic N) is 2. The lowest BCUT2D eigenvalue weighted by Gasteiger charge is -2.32. The number of carbonyl (C=O) groups is 1. The molecule has 0 bridgehead atoms. The van der Waals surface area contributed by atoms with E-state index >= 15 is 0 Å². The van der Waals surface area contributed by atoms with Crippen molar-refractivity contribution in [2.75, 3.05) is 18.4 Å². The van der Waals surface area contributed by atoms with Gasteiger partial charge in [-0.05, 0) is 43.4 Å². The van der Waals surface area contributed by atoms with E-state index in [1.54, 1.807) is 0 Å². The molecule has 5 heteroatoms. The number of hydrogen-bond donors (Lipinski definition) is 2. The molecule has 1 saturated heterocycles. The van der Waals surface area contributed by atoms with Gasteiger partial charge in [0.15, 0.2) is 0 Å². The second-order valence-electron chi connectivity index (χ2n) is 8.50. The maximum atomic E-state index is 12.8. The molecule has 0 atom stereocenters. The Hall–Kier alpha value is -2.92. The summed E-state index contributed by atoms with van der Waals surface area (Å²) >= 11 is 0. The zero-order chi connectivity index (χ0) is 20.3. The predicted octanol–water partition coefficient (Wildman–Crippen LogP) is 4.20. The van der Waals surface area contributed by atoms with Crippen LogP contribution in [0, 0.1) is 0 Å². The van der Waals surface area contributed by atoms with E-state index in [9.17, 15) is 4.79 Å². The molecule has 1 aliphatic heterocycles. The number of nitrogens with one attached hydrogen (secondary N) is 2. The first kappa shape index (κ1) is 19.1. The van der Waals surface area contributed by atoms with Gasteiger partial charge in [0.25, 0.3) is 5.91 Å². The molecular formula is C25H28N4O. The summed E-state index contributed by atoms with van der Waals surface area (Å²) in [7, 11) is 0. The number of piperidine rings is 1. The number of aromatic nitrogens is 1. The summed E-state index contributed by atoms with van der Waals surface area (Å²) in [6.45, 7) is 3.14. The normalized spacial score (nSPS) is 17.7. The van der Waals surface area contributed by atoms with E-state index in [1.165, 1.54) is 5.56 Å². The Morgan fingerprint density at radius 1 is 0.933 bits per heavy atom. The van der Waals surface area contributed by atoms with Crippen LogP contribution in [-0.2, 0) is 6.54 Å². The lowest BCUT2D eigenvalue weighted by atomic mass is 10.0. The molecule has 0 radical (unpaired) electrons. The van der Waals surface area contributed by atoms with Crippen LogP contribution in [0.2, 0.25) is 0 Å². The van der Waals surface area contributed by atoms with E-state index < -0.39 is 0 Å². The Balaban J connectivity index is 1.27. The number of pyridine rings is 1. The number of carbonyl (C=O) groups excluding carboxylic acids is 1. The van der Waals surface area contributed by atoms with E-state index in [1.807, 2.05) is 30.3 Å². The number of likely N-dealkylation sites (tertiary alicyclic amines) is 1. The molecule has 5 rings (SSSR count). The molecule has 1 aliphatic carbocycles. The van der Waals surface area contributed by atoms with Crippen LogP contribution >= 0.6 is 0 Å². The minimum absolute atomic E-state index is 0.0110. The summed E-state index contributed by atoms with van der Waals surface area (Å²) in [5.41, 5.74) is 2.95. The molecule has 1 aromatic heterocycles. The third kappa shape index (κ3) is 4.46. The first-order valence-corrected chi connectivity index (χ1v) is 11.0. The molecule has 2 aromatic carbocycles. The maximum Gasteiger partial charge on any atom is 0.252 e. The molecule has 0 spiro atoms. The lowest BCUT2D eigenvalue weighted by molar-refractivity contribution is 0.0952. The predicted molar refractivity (Wildman–Crippen MR) is 121 cm³/mol. The van der Waals surface area contributed by atoms with Gasteiger partial charge in [0, 0.05) is 37.1 Å². The highest BCUT2D eigenvalue weighted by molar-refractivity contribution is 6.07. The van der Waals surface area contributed by atoms with E-state index in [-0.39, 0.29) is 5.91 Å². The van der Waals surface area contributed by atoms with Crippen molar-refractivity contribution in [3.05, 3.63) is 71.8 Å². The van der Waals surface area contributed by atoms with Crippen LogP contribution in [0.3, 0.4) is 0 Å².